The number of halogens is 2. The first-order valence-corrected chi connectivity index (χ1v) is 8.24. The van der Waals surface area contributed by atoms with E-state index >= 15 is 0 Å². The van der Waals surface area contributed by atoms with Crippen LogP contribution in [0.1, 0.15) is 21.5 Å². The van der Waals surface area contributed by atoms with Crippen LogP contribution < -0.4 is 5.73 Å². The summed E-state index contributed by atoms with van der Waals surface area (Å²) in [4.78, 5) is 16.8. The second-order valence-corrected chi connectivity index (χ2v) is 6.14. The number of piperazine rings is 1. The van der Waals surface area contributed by atoms with Crippen LogP contribution in [0.5, 0.6) is 5.75 Å². The van der Waals surface area contributed by atoms with Gasteiger partial charge in [0.2, 0.25) is 0 Å². The first-order valence-electron chi connectivity index (χ1n) is 8.24. The number of amides is 1. The second-order valence-electron chi connectivity index (χ2n) is 6.14. The molecule has 2 aromatic carbocycles. The molecule has 5 nitrogen and oxygen atoms in total. The number of phenolic OH excluding ortho intramolecular Hbond substituents is 1. The molecule has 1 amide bonds. The molecule has 0 atom stereocenters. The first kappa shape index (κ1) is 22.3. The molecule has 1 aliphatic rings. The van der Waals surface area contributed by atoms with E-state index in [4.69, 9.17) is 5.73 Å². The van der Waals surface area contributed by atoms with Crippen molar-refractivity contribution in [1.82, 2.24) is 9.80 Å². The molecule has 0 aromatic heterocycles. The number of hydrogen-bond acceptors (Lipinski definition) is 4. The van der Waals surface area contributed by atoms with Crippen molar-refractivity contribution in [1.29, 1.82) is 0 Å². The third-order valence-corrected chi connectivity index (χ3v) is 4.41. The molecule has 0 spiro atoms. The number of nitrogens with two attached hydrogens (primary N) is 1. The third kappa shape index (κ3) is 5.61. The van der Waals surface area contributed by atoms with E-state index in [0.717, 1.165) is 43.9 Å². The van der Waals surface area contributed by atoms with E-state index in [1.54, 1.807) is 12.1 Å². The Morgan fingerprint density at radius 3 is 2.19 bits per heavy atom. The summed E-state index contributed by atoms with van der Waals surface area (Å²) in [7, 11) is 0. The van der Waals surface area contributed by atoms with Crippen molar-refractivity contribution >= 4 is 30.7 Å². The molecule has 1 heterocycles. The van der Waals surface area contributed by atoms with Gasteiger partial charge in [-0.05, 0) is 35.4 Å². The molecule has 3 rings (SSSR count). The Bertz CT molecular complexity index is 702. The van der Waals surface area contributed by atoms with Crippen molar-refractivity contribution in [2.24, 2.45) is 5.73 Å². The van der Waals surface area contributed by atoms with E-state index in [-0.39, 0.29) is 30.7 Å². The summed E-state index contributed by atoms with van der Waals surface area (Å²) in [6, 6.07) is 14.8. The van der Waals surface area contributed by atoms with Gasteiger partial charge in [-0.25, -0.2) is 0 Å². The third-order valence-electron chi connectivity index (χ3n) is 4.41. The minimum Gasteiger partial charge on any atom is -0.508 e. The lowest BCUT2D eigenvalue weighted by molar-refractivity contribution is 0.0628. The molecule has 7 heteroatoms. The molecule has 0 aliphatic carbocycles. The van der Waals surface area contributed by atoms with Crippen LogP contribution in [0.15, 0.2) is 48.5 Å². The van der Waals surface area contributed by atoms with E-state index in [0.29, 0.717) is 17.9 Å². The summed E-state index contributed by atoms with van der Waals surface area (Å²) in [6.45, 7) is 4.39. The lowest BCUT2D eigenvalue weighted by atomic mass is 10.1. The fraction of sp³-hybridized carbons (Fsp3) is 0.316. The van der Waals surface area contributed by atoms with Crippen molar-refractivity contribution in [3.8, 4) is 5.75 Å². The van der Waals surface area contributed by atoms with Crippen LogP contribution in [-0.4, -0.2) is 47.0 Å². The number of aromatic hydroxyl groups is 1. The molecule has 0 unspecified atom stereocenters. The van der Waals surface area contributed by atoms with E-state index < -0.39 is 0 Å². The summed E-state index contributed by atoms with van der Waals surface area (Å²) in [6.07, 6.45) is 0. The Labute approximate surface area is 166 Å². The molecule has 0 radical (unpaired) electrons. The Morgan fingerprint density at radius 2 is 1.62 bits per heavy atom. The normalized spacial score (nSPS) is 14.3. The van der Waals surface area contributed by atoms with Gasteiger partial charge in [0.05, 0.1) is 0 Å². The number of carbonyl (C=O) groups is 1. The number of nitrogens with zero attached hydrogens (tertiary/aromatic N) is 2. The van der Waals surface area contributed by atoms with Gasteiger partial charge in [-0.1, -0.05) is 24.3 Å². The average molecular weight is 398 g/mol. The summed E-state index contributed by atoms with van der Waals surface area (Å²) in [5, 5.41) is 9.54. The van der Waals surface area contributed by atoms with Gasteiger partial charge in [0.15, 0.2) is 0 Å². The maximum absolute atomic E-state index is 12.6. The summed E-state index contributed by atoms with van der Waals surface area (Å²) in [5.41, 5.74) is 8.43. The minimum absolute atomic E-state index is 0. The molecule has 2 aromatic rings. The van der Waals surface area contributed by atoms with Crippen molar-refractivity contribution in [2.75, 3.05) is 26.2 Å². The summed E-state index contributed by atoms with van der Waals surface area (Å²) in [5.74, 6) is 0.373. The van der Waals surface area contributed by atoms with Gasteiger partial charge in [-0.15, -0.1) is 24.8 Å². The van der Waals surface area contributed by atoms with Gasteiger partial charge in [-0.3, -0.25) is 9.69 Å². The largest absolute Gasteiger partial charge is 0.508 e. The highest BCUT2D eigenvalue weighted by atomic mass is 35.5. The van der Waals surface area contributed by atoms with E-state index in [9.17, 15) is 9.90 Å². The molecule has 0 bridgehead atoms. The van der Waals surface area contributed by atoms with Gasteiger partial charge in [0.1, 0.15) is 5.75 Å². The zero-order valence-electron chi connectivity index (χ0n) is 14.5. The Morgan fingerprint density at radius 1 is 0.962 bits per heavy atom. The molecule has 1 saturated heterocycles. The summed E-state index contributed by atoms with van der Waals surface area (Å²) < 4.78 is 0. The fourth-order valence-corrected chi connectivity index (χ4v) is 2.99. The van der Waals surface area contributed by atoms with Gasteiger partial charge >= 0.3 is 0 Å². The highest BCUT2D eigenvalue weighted by Crippen LogP contribution is 2.15. The van der Waals surface area contributed by atoms with Crippen LogP contribution in [0.3, 0.4) is 0 Å². The molecule has 1 aliphatic heterocycles. The number of benzene rings is 2. The van der Waals surface area contributed by atoms with Crippen molar-refractivity contribution in [3.05, 3.63) is 65.2 Å². The quantitative estimate of drug-likeness (QED) is 0.831. The fourth-order valence-electron chi connectivity index (χ4n) is 2.99. The molecule has 3 N–H and O–H groups in total. The van der Waals surface area contributed by atoms with Crippen LogP contribution in [-0.2, 0) is 13.1 Å². The van der Waals surface area contributed by atoms with Gasteiger partial charge < -0.3 is 15.7 Å². The van der Waals surface area contributed by atoms with Crippen LogP contribution >= 0.6 is 24.8 Å². The van der Waals surface area contributed by atoms with Crippen LogP contribution in [0, 0.1) is 0 Å². The van der Waals surface area contributed by atoms with Crippen LogP contribution in [0.2, 0.25) is 0 Å². The smallest absolute Gasteiger partial charge is 0.253 e. The maximum atomic E-state index is 12.6. The van der Waals surface area contributed by atoms with E-state index in [1.807, 2.05) is 41.3 Å². The zero-order chi connectivity index (χ0) is 16.9. The monoisotopic (exact) mass is 397 g/mol. The Balaban J connectivity index is 0.00000169. The molecular formula is C19H25Cl2N3O2. The number of phenols is 1. The Kier molecular flexibility index (Phi) is 8.88. The number of carbonyl (C=O) groups excluding carboxylic acids is 1. The van der Waals surface area contributed by atoms with Crippen molar-refractivity contribution in [2.45, 2.75) is 13.1 Å². The second kappa shape index (κ2) is 10.4. The summed E-state index contributed by atoms with van der Waals surface area (Å²) >= 11 is 0. The first-order chi connectivity index (χ1) is 11.7. The standard InChI is InChI=1S/C19H23N3O2.2ClH/c20-13-15-4-6-17(7-5-15)19(24)22-10-8-21(9-11-22)14-16-2-1-3-18(23)12-16;;/h1-7,12,23H,8-11,13-14,20H2;2*1H. The lowest BCUT2D eigenvalue weighted by Gasteiger charge is -2.34. The van der Waals surface area contributed by atoms with Gasteiger partial charge in [0, 0.05) is 44.8 Å². The van der Waals surface area contributed by atoms with Crippen molar-refractivity contribution in [3.63, 3.8) is 0 Å². The Hall–Kier alpha value is -1.79. The molecule has 0 saturated carbocycles. The zero-order valence-corrected chi connectivity index (χ0v) is 16.1. The molecular weight excluding hydrogens is 373 g/mol. The number of rotatable bonds is 4. The molecule has 26 heavy (non-hydrogen) atoms. The predicted octanol–water partition coefficient (Wildman–Crippen LogP) is 2.65. The SMILES string of the molecule is Cl.Cl.NCc1ccc(C(=O)N2CCN(Cc3cccc(O)c3)CC2)cc1. The van der Waals surface area contributed by atoms with E-state index in [2.05, 4.69) is 4.90 Å². The lowest BCUT2D eigenvalue weighted by Crippen LogP contribution is -2.48. The maximum Gasteiger partial charge on any atom is 0.253 e. The van der Waals surface area contributed by atoms with E-state index in [1.165, 1.54) is 0 Å². The molecule has 1 fully saturated rings. The minimum atomic E-state index is 0. The van der Waals surface area contributed by atoms with Crippen LogP contribution in [0.4, 0.5) is 0 Å². The highest BCUT2D eigenvalue weighted by Gasteiger charge is 2.22. The number of hydrogen-bond donors (Lipinski definition) is 2. The predicted molar refractivity (Wildman–Crippen MR) is 108 cm³/mol. The molecule has 142 valence electrons. The van der Waals surface area contributed by atoms with Gasteiger partial charge in [-0.2, -0.15) is 0 Å². The average Bonchev–Trinajstić information content (AvgIpc) is 2.62. The van der Waals surface area contributed by atoms with Gasteiger partial charge in [0.25, 0.3) is 5.91 Å². The van der Waals surface area contributed by atoms with Crippen molar-refractivity contribution < 1.29 is 9.90 Å². The topological polar surface area (TPSA) is 69.8 Å². The highest BCUT2D eigenvalue weighted by molar-refractivity contribution is 5.94. The van der Waals surface area contributed by atoms with Crippen LogP contribution in [0.25, 0.3) is 0 Å².